The second-order valence-electron chi connectivity index (χ2n) is 7.72. The van der Waals surface area contributed by atoms with Crippen molar-refractivity contribution in [3.05, 3.63) is 71.8 Å². The molecule has 0 aliphatic carbocycles. The van der Waals surface area contributed by atoms with Crippen LogP contribution in [0.3, 0.4) is 0 Å². The summed E-state index contributed by atoms with van der Waals surface area (Å²) in [6.07, 6.45) is 2.60. The number of amides is 1. The molecule has 0 aromatic heterocycles. The molecule has 7 heteroatoms. The van der Waals surface area contributed by atoms with Gasteiger partial charge in [0.05, 0.1) is 13.2 Å². The monoisotopic (exact) mass is 437 g/mol. The Hall–Kier alpha value is -2.73. The van der Waals surface area contributed by atoms with Gasteiger partial charge in [0.25, 0.3) is 0 Å². The molecular formula is C25H27NO6. The lowest BCUT2D eigenvalue weighted by Gasteiger charge is -2.49. The molecule has 2 aliphatic rings. The van der Waals surface area contributed by atoms with Gasteiger partial charge in [-0.05, 0) is 5.56 Å². The van der Waals surface area contributed by atoms with Crippen LogP contribution < -0.4 is 5.32 Å². The molecular weight excluding hydrogens is 410 g/mol. The minimum absolute atomic E-state index is 0.0651. The molecule has 2 heterocycles. The number of rotatable bonds is 7. The molecule has 1 N–H and O–H groups in total. The summed E-state index contributed by atoms with van der Waals surface area (Å²) < 4.78 is 30.5. The highest BCUT2D eigenvalue weighted by atomic mass is 16.7. The molecule has 32 heavy (non-hydrogen) atoms. The Kier molecular flexibility index (Phi) is 7.53. The van der Waals surface area contributed by atoms with Gasteiger partial charge in [0.1, 0.15) is 31.0 Å². The van der Waals surface area contributed by atoms with Crippen molar-refractivity contribution in [2.75, 3.05) is 13.2 Å². The van der Waals surface area contributed by atoms with Crippen molar-refractivity contribution in [1.29, 1.82) is 0 Å². The molecule has 0 radical (unpaired) electrons. The van der Waals surface area contributed by atoms with Crippen molar-refractivity contribution in [2.45, 2.75) is 50.5 Å². The van der Waals surface area contributed by atoms with Crippen LogP contribution in [0.25, 0.3) is 0 Å². The molecule has 2 aliphatic heterocycles. The lowest BCUT2D eigenvalue weighted by atomic mass is 9.95. The van der Waals surface area contributed by atoms with Gasteiger partial charge in [0.2, 0.25) is 5.91 Å². The van der Waals surface area contributed by atoms with Crippen LogP contribution in [0.1, 0.15) is 24.3 Å². The van der Waals surface area contributed by atoms with E-state index in [0.29, 0.717) is 6.61 Å². The standard InChI is InChI=1S/C25H27NO6/c1-3-14-28-23-21(26-17(2)27)25(29-15-18-10-6-4-7-11-18)31-20-16-30-24(32-22(20)23)19-12-8-5-9-13-19/h1,4-13,20-25H,14-16H2,2H3,(H,26,27)/t20-,21+,22-,23-,24-,25-/m1/s1. The van der Waals surface area contributed by atoms with Crippen molar-refractivity contribution in [3.63, 3.8) is 0 Å². The van der Waals surface area contributed by atoms with E-state index in [0.717, 1.165) is 11.1 Å². The van der Waals surface area contributed by atoms with Gasteiger partial charge in [-0.2, -0.15) is 0 Å². The Morgan fingerprint density at radius 1 is 1.09 bits per heavy atom. The third-order valence-corrected chi connectivity index (χ3v) is 5.40. The van der Waals surface area contributed by atoms with Gasteiger partial charge in [-0.15, -0.1) is 6.42 Å². The summed E-state index contributed by atoms with van der Waals surface area (Å²) in [4.78, 5) is 12.0. The molecule has 168 valence electrons. The molecule has 2 aromatic rings. The van der Waals surface area contributed by atoms with E-state index in [-0.39, 0.29) is 19.1 Å². The van der Waals surface area contributed by atoms with E-state index in [1.54, 1.807) is 0 Å². The zero-order chi connectivity index (χ0) is 22.3. The molecule has 2 saturated heterocycles. The third-order valence-electron chi connectivity index (χ3n) is 5.40. The number of ether oxygens (including phenoxy) is 5. The average molecular weight is 437 g/mol. The van der Waals surface area contributed by atoms with E-state index >= 15 is 0 Å². The maximum atomic E-state index is 12.0. The normalized spacial score (nSPS) is 29.5. The smallest absolute Gasteiger partial charge is 0.217 e. The topological polar surface area (TPSA) is 75.3 Å². The first kappa shape index (κ1) is 22.5. The maximum Gasteiger partial charge on any atom is 0.217 e. The summed E-state index contributed by atoms with van der Waals surface area (Å²) >= 11 is 0. The van der Waals surface area contributed by atoms with Crippen LogP contribution in [0.2, 0.25) is 0 Å². The number of hydrogen-bond acceptors (Lipinski definition) is 6. The third kappa shape index (κ3) is 5.36. The van der Waals surface area contributed by atoms with E-state index in [4.69, 9.17) is 30.1 Å². The van der Waals surface area contributed by atoms with Crippen LogP contribution in [0.15, 0.2) is 60.7 Å². The van der Waals surface area contributed by atoms with Crippen LogP contribution in [0, 0.1) is 12.3 Å². The predicted molar refractivity (Wildman–Crippen MR) is 116 cm³/mol. The summed E-state index contributed by atoms with van der Waals surface area (Å²) in [6, 6.07) is 18.8. The SMILES string of the molecule is C#CCO[C@@H]1[C@H](NC(C)=O)[C@H](OCc2ccccc2)O[C@@H]2CO[C@@H](c3ccccc3)O[C@@H]12. The van der Waals surface area contributed by atoms with Gasteiger partial charge < -0.3 is 29.0 Å². The number of carbonyl (C=O) groups is 1. The van der Waals surface area contributed by atoms with Gasteiger partial charge in [-0.25, -0.2) is 0 Å². The number of terminal acetylenes is 1. The lowest BCUT2D eigenvalue weighted by molar-refractivity contribution is -0.348. The zero-order valence-corrected chi connectivity index (χ0v) is 17.9. The van der Waals surface area contributed by atoms with Crippen LogP contribution >= 0.6 is 0 Å². The van der Waals surface area contributed by atoms with Gasteiger partial charge in [-0.3, -0.25) is 4.79 Å². The van der Waals surface area contributed by atoms with Crippen molar-refractivity contribution < 1.29 is 28.5 Å². The van der Waals surface area contributed by atoms with Crippen LogP contribution in [-0.2, 0) is 35.1 Å². The van der Waals surface area contributed by atoms with E-state index in [9.17, 15) is 4.79 Å². The fourth-order valence-corrected chi connectivity index (χ4v) is 3.98. The summed E-state index contributed by atoms with van der Waals surface area (Å²) in [6.45, 7) is 2.11. The second-order valence-corrected chi connectivity index (χ2v) is 7.72. The Bertz CT molecular complexity index is 915. The molecule has 0 saturated carbocycles. The van der Waals surface area contributed by atoms with Gasteiger partial charge in [0, 0.05) is 12.5 Å². The Labute approximate surface area is 187 Å². The quantitative estimate of drug-likeness (QED) is 0.671. The van der Waals surface area contributed by atoms with Gasteiger partial charge in [-0.1, -0.05) is 66.6 Å². The molecule has 0 bridgehead atoms. The first-order valence-corrected chi connectivity index (χ1v) is 10.6. The Morgan fingerprint density at radius 2 is 1.81 bits per heavy atom. The average Bonchev–Trinajstić information content (AvgIpc) is 2.82. The zero-order valence-electron chi connectivity index (χ0n) is 17.9. The Morgan fingerprint density at radius 3 is 2.50 bits per heavy atom. The van der Waals surface area contributed by atoms with Crippen molar-refractivity contribution >= 4 is 5.91 Å². The van der Waals surface area contributed by atoms with E-state index in [2.05, 4.69) is 11.2 Å². The molecule has 4 rings (SSSR count). The highest BCUT2D eigenvalue weighted by Crippen LogP contribution is 2.35. The largest absolute Gasteiger partial charge is 0.360 e. The number of nitrogens with one attached hydrogen (secondary N) is 1. The van der Waals surface area contributed by atoms with Crippen molar-refractivity contribution in [3.8, 4) is 12.3 Å². The fraction of sp³-hybridized carbons (Fsp3) is 0.400. The summed E-state index contributed by atoms with van der Waals surface area (Å²) in [5.74, 6) is 2.27. The van der Waals surface area contributed by atoms with Crippen LogP contribution in [0.4, 0.5) is 0 Å². The molecule has 1 amide bonds. The highest BCUT2D eigenvalue weighted by Gasteiger charge is 2.51. The number of fused-ring (bicyclic) bond motifs is 1. The molecule has 2 aromatic carbocycles. The minimum atomic E-state index is -0.761. The molecule has 7 nitrogen and oxygen atoms in total. The minimum Gasteiger partial charge on any atom is -0.360 e. The summed E-state index contributed by atoms with van der Waals surface area (Å²) in [5.41, 5.74) is 1.88. The lowest BCUT2D eigenvalue weighted by Crippen LogP contribution is -2.67. The van der Waals surface area contributed by atoms with Crippen molar-refractivity contribution in [2.24, 2.45) is 0 Å². The molecule has 6 atom stereocenters. The van der Waals surface area contributed by atoms with Gasteiger partial charge >= 0.3 is 0 Å². The number of benzene rings is 2. The van der Waals surface area contributed by atoms with Crippen molar-refractivity contribution in [1.82, 2.24) is 5.32 Å². The van der Waals surface area contributed by atoms with Gasteiger partial charge in [0.15, 0.2) is 12.6 Å². The first-order valence-electron chi connectivity index (χ1n) is 10.6. The highest BCUT2D eigenvalue weighted by molar-refractivity contribution is 5.73. The van der Waals surface area contributed by atoms with Crippen LogP contribution in [0.5, 0.6) is 0 Å². The molecule has 0 unspecified atom stereocenters. The first-order chi connectivity index (χ1) is 15.7. The van der Waals surface area contributed by atoms with E-state index in [1.165, 1.54) is 6.92 Å². The maximum absolute atomic E-state index is 12.0. The predicted octanol–water partition coefficient (Wildman–Crippen LogP) is 2.57. The molecule has 0 spiro atoms. The molecule has 2 fully saturated rings. The Balaban J connectivity index is 1.55. The van der Waals surface area contributed by atoms with Crippen LogP contribution in [-0.4, -0.2) is 49.8 Å². The number of carbonyl (C=O) groups excluding carboxylic acids is 1. The second kappa shape index (κ2) is 10.7. The number of hydrogen-bond donors (Lipinski definition) is 1. The summed E-state index contributed by atoms with van der Waals surface area (Å²) in [7, 11) is 0. The van der Waals surface area contributed by atoms with E-state index < -0.39 is 36.9 Å². The van der Waals surface area contributed by atoms with E-state index in [1.807, 2.05) is 60.7 Å². The summed E-state index contributed by atoms with van der Waals surface area (Å²) in [5, 5.41) is 2.91. The fourth-order valence-electron chi connectivity index (χ4n) is 3.98.